The van der Waals surface area contributed by atoms with Gasteiger partial charge < -0.3 is 4.57 Å². The molecule has 0 bridgehead atoms. The van der Waals surface area contributed by atoms with E-state index >= 15 is 0 Å². The Morgan fingerprint density at radius 3 is 2.36 bits per heavy atom. The summed E-state index contributed by atoms with van der Waals surface area (Å²) >= 11 is 0. The van der Waals surface area contributed by atoms with E-state index in [1.54, 1.807) is 24.5 Å². The highest BCUT2D eigenvalue weighted by Crippen LogP contribution is 2.33. The second-order valence-electron chi connectivity index (χ2n) is 7.75. The van der Waals surface area contributed by atoms with Crippen molar-refractivity contribution >= 4 is 12.4 Å². The van der Waals surface area contributed by atoms with E-state index in [0.29, 0.717) is 24.1 Å². The molecule has 4 aromatic rings. The molecule has 0 atom stereocenters. The summed E-state index contributed by atoms with van der Waals surface area (Å²) in [5.74, 6) is 0. The number of hydrogen-bond donors (Lipinski definition) is 0. The number of benzene rings is 3. The smallest absolute Gasteiger partial charge is 0.333 e. The highest BCUT2D eigenvalue weighted by atomic mass is 35.5. The van der Waals surface area contributed by atoms with Crippen LogP contribution in [-0.4, -0.2) is 9.55 Å². The summed E-state index contributed by atoms with van der Waals surface area (Å²) < 4.78 is 41.1. The van der Waals surface area contributed by atoms with Crippen LogP contribution in [0, 0.1) is 18.3 Å². The molecule has 4 rings (SSSR count). The van der Waals surface area contributed by atoms with Crippen molar-refractivity contribution in [3.8, 4) is 17.2 Å². The predicted molar refractivity (Wildman–Crippen MR) is 124 cm³/mol. The van der Waals surface area contributed by atoms with Crippen LogP contribution in [0.4, 0.5) is 13.2 Å². The van der Waals surface area contributed by atoms with E-state index < -0.39 is 11.7 Å². The molecule has 0 fully saturated rings. The first-order valence-corrected chi connectivity index (χ1v) is 10.1. The van der Waals surface area contributed by atoms with E-state index in [4.69, 9.17) is 5.26 Å². The van der Waals surface area contributed by atoms with E-state index in [1.165, 1.54) is 12.1 Å². The van der Waals surface area contributed by atoms with Gasteiger partial charge in [-0.2, -0.15) is 18.4 Å². The van der Waals surface area contributed by atoms with Crippen LogP contribution in [0.15, 0.2) is 79.3 Å². The van der Waals surface area contributed by atoms with Crippen molar-refractivity contribution in [1.82, 2.24) is 9.55 Å². The zero-order chi connectivity index (χ0) is 22.7. The fourth-order valence-corrected chi connectivity index (χ4v) is 3.71. The lowest BCUT2D eigenvalue weighted by atomic mass is 9.97. The van der Waals surface area contributed by atoms with Crippen molar-refractivity contribution < 1.29 is 13.2 Å². The van der Waals surface area contributed by atoms with Crippen molar-refractivity contribution in [3.05, 3.63) is 113 Å². The molecule has 3 aromatic carbocycles. The Balaban J connectivity index is 0.00000306. The maximum Gasteiger partial charge on any atom is 0.416 e. The second-order valence-corrected chi connectivity index (χ2v) is 7.75. The molecule has 168 valence electrons. The minimum Gasteiger partial charge on any atom is -0.333 e. The minimum atomic E-state index is -4.36. The van der Waals surface area contributed by atoms with Crippen LogP contribution >= 0.6 is 12.4 Å². The summed E-state index contributed by atoms with van der Waals surface area (Å²) in [6, 6.07) is 20.7. The number of halogens is 4. The highest BCUT2D eigenvalue weighted by molar-refractivity contribution is 5.85. The quantitative estimate of drug-likeness (QED) is 0.323. The summed E-state index contributed by atoms with van der Waals surface area (Å²) in [6.07, 6.45) is 0.0657. The van der Waals surface area contributed by atoms with Crippen LogP contribution in [0.3, 0.4) is 0 Å². The molecule has 0 radical (unpaired) electrons. The number of hydrogen-bond acceptors (Lipinski definition) is 2. The van der Waals surface area contributed by atoms with Crippen LogP contribution in [0.1, 0.15) is 33.5 Å². The van der Waals surface area contributed by atoms with Crippen LogP contribution in [0.25, 0.3) is 11.1 Å². The molecule has 0 aliphatic rings. The van der Waals surface area contributed by atoms with E-state index in [0.717, 1.165) is 34.0 Å². The summed E-state index contributed by atoms with van der Waals surface area (Å²) in [7, 11) is 0. The van der Waals surface area contributed by atoms with E-state index in [9.17, 15) is 13.2 Å². The third-order valence-corrected chi connectivity index (χ3v) is 5.31. The summed E-state index contributed by atoms with van der Waals surface area (Å²) in [5, 5.41) is 8.90. The first kappa shape index (κ1) is 24.1. The lowest BCUT2D eigenvalue weighted by Crippen LogP contribution is -2.04. The summed E-state index contributed by atoms with van der Waals surface area (Å²) in [4.78, 5) is 4.46. The fraction of sp³-hybridized carbons (Fsp3) is 0.154. The molecule has 1 heterocycles. The molecule has 0 unspecified atom stereocenters. The molecular formula is C26H21ClF3N3. The zero-order valence-electron chi connectivity index (χ0n) is 17.8. The number of alkyl halides is 3. The Kier molecular flexibility index (Phi) is 7.25. The highest BCUT2D eigenvalue weighted by Gasteiger charge is 2.30. The number of aromatic nitrogens is 2. The standard InChI is InChI=1S/C26H20F3N3.ClH/c1-18-11-21(9-10-25(18)22-3-2-4-23(13-22)26(27,28)29)15-32-16-24(31-17-32)12-19-5-7-20(14-30)8-6-19;/h2-11,13,16-17H,12,15H2,1H3;1H. The molecule has 0 aliphatic carbocycles. The van der Waals surface area contributed by atoms with Crippen LogP contribution in [0.2, 0.25) is 0 Å². The van der Waals surface area contributed by atoms with Gasteiger partial charge in [0.05, 0.1) is 29.2 Å². The van der Waals surface area contributed by atoms with Gasteiger partial charge in [-0.25, -0.2) is 4.98 Å². The molecular weight excluding hydrogens is 447 g/mol. The Morgan fingerprint density at radius 2 is 1.70 bits per heavy atom. The first-order valence-electron chi connectivity index (χ1n) is 10.1. The topological polar surface area (TPSA) is 41.6 Å². The van der Waals surface area contributed by atoms with Crippen LogP contribution < -0.4 is 0 Å². The van der Waals surface area contributed by atoms with Gasteiger partial charge in [0, 0.05) is 19.2 Å². The average molecular weight is 468 g/mol. The average Bonchev–Trinajstić information content (AvgIpc) is 3.20. The molecule has 1 aromatic heterocycles. The van der Waals surface area contributed by atoms with Gasteiger partial charge in [-0.3, -0.25) is 0 Å². The third kappa shape index (κ3) is 5.82. The summed E-state index contributed by atoms with van der Waals surface area (Å²) in [5.41, 5.74) is 5.28. The van der Waals surface area contributed by atoms with Gasteiger partial charge in [-0.05, 0) is 59.0 Å². The number of rotatable bonds is 5. The fourth-order valence-electron chi connectivity index (χ4n) is 3.71. The lowest BCUT2D eigenvalue weighted by Gasteiger charge is -2.12. The predicted octanol–water partition coefficient (Wildman–Crippen LogP) is 6.81. The SMILES string of the molecule is Cc1cc(Cn2cnc(Cc3ccc(C#N)cc3)c2)ccc1-c1cccc(C(F)(F)F)c1.Cl. The summed E-state index contributed by atoms with van der Waals surface area (Å²) in [6.45, 7) is 2.52. The van der Waals surface area contributed by atoms with Gasteiger partial charge in [0.2, 0.25) is 0 Å². The Hall–Kier alpha value is -3.56. The van der Waals surface area contributed by atoms with Gasteiger partial charge >= 0.3 is 6.18 Å². The molecule has 0 N–H and O–H groups in total. The molecule has 7 heteroatoms. The van der Waals surface area contributed by atoms with Gasteiger partial charge in [-0.15, -0.1) is 12.4 Å². The molecule has 33 heavy (non-hydrogen) atoms. The van der Waals surface area contributed by atoms with Gasteiger partial charge in [0.15, 0.2) is 0 Å². The molecule has 3 nitrogen and oxygen atoms in total. The van der Waals surface area contributed by atoms with Crippen molar-refractivity contribution in [2.45, 2.75) is 26.1 Å². The van der Waals surface area contributed by atoms with E-state index in [-0.39, 0.29) is 12.4 Å². The molecule has 0 spiro atoms. The molecule has 0 saturated heterocycles. The third-order valence-electron chi connectivity index (χ3n) is 5.31. The van der Waals surface area contributed by atoms with E-state index in [2.05, 4.69) is 11.1 Å². The first-order chi connectivity index (χ1) is 15.3. The Labute approximate surface area is 196 Å². The van der Waals surface area contributed by atoms with Crippen molar-refractivity contribution in [2.75, 3.05) is 0 Å². The number of imidazole rings is 1. The van der Waals surface area contributed by atoms with Crippen molar-refractivity contribution in [3.63, 3.8) is 0 Å². The van der Waals surface area contributed by atoms with Crippen LogP contribution in [-0.2, 0) is 19.1 Å². The normalized spacial score (nSPS) is 11.0. The van der Waals surface area contributed by atoms with Gasteiger partial charge in [0.25, 0.3) is 0 Å². The Morgan fingerprint density at radius 1 is 0.970 bits per heavy atom. The van der Waals surface area contributed by atoms with Crippen molar-refractivity contribution in [2.24, 2.45) is 0 Å². The number of aryl methyl sites for hydroxylation is 1. The molecule has 0 aliphatic heterocycles. The maximum atomic E-state index is 13.0. The number of nitrogens with zero attached hydrogens (tertiary/aromatic N) is 3. The molecule has 0 amide bonds. The van der Waals surface area contributed by atoms with Crippen molar-refractivity contribution in [1.29, 1.82) is 5.26 Å². The zero-order valence-corrected chi connectivity index (χ0v) is 18.6. The van der Waals surface area contributed by atoms with Crippen LogP contribution in [0.5, 0.6) is 0 Å². The van der Waals surface area contributed by atoms with Gasteiger partial charge in [-0.1, -0.05) is 42.5 Å². The van der Waals surface area contributed by atoms with Gasteiger partial charge in [0.1, 0.15) is 0 Å². The maximum absolute atomic E-state index is 13.0. The largest absolute Gasteiger partial charge is 0.416 e. The number of nitriles is 1. The second kappa shape index (κ2) is 9.93. The monoisotopic (exact) mass is 467 g/mol. The Bertz CT molecular complexity index is 1290. The molecule has 0 saturated carbocycles. The minimum absolute atomic E-state index is 0. The lowest BCUT2D eigenvalue weighted by molar-refractivity contribution is -0.137. The van der Waals surface area contributed by atoms with E-state index in [1.807, 2.05) is 48.0 Å².